The summed E-state index contributed by atoms with van der Waals surface area (Å²) in [7, 11) is 1.73. The summed E-state index contributed by atoms with van der Waals surface area (Å²) in [5.74, 6) is 0.839. The monoisotopic (exact) mass is 265 g/mol. The molecule has 0 aliphatic rings. The highest BCUT2D eigenvalue weighted by Crippen LogP contribution is 2.15. The summed E-state index contributed by atoms with van der Waals surface area (Å²) in [5, 5.41) is 0. The van der Waals surface area contributed by atoms with Crippen molar-refractivity contribution in [3.05, 3.63) is 29.8 Å². The van der Waals surface area contributed by atoms with Gasteiger partial charge in [0, 0.05) is 13.6 Å². The van der Waals surface area contributed by atoms with Gasteiger partial charge in [-0.3, -0.25) is 0 Å². The molecule has 0 atom stereocenters. The van der Waals surface area contributed by atoms with E-state index < -0.39 is 5.60 Å². The number of amides is 1. The molecule has 0 unspecified atom stereocenters. The lowest BCUT2D eigenvalue weighted by Crippen LogP contribution is -2.33. The second kappa shape index (κ2) is 6.45. The summed E-state index contributed by atoms with van der Waals surface area (Å²) in [6, 6.07) is 7.71. The standard InChI is InChI=1S/C15H23NO3/c1-6-18-13-9-7-12(8-10-13)11-16(5)14(17)19-15(2,3)4/h7-10H,6,11H2,1-5H3. The first-order valence-corrected chi connectivity index (χ1v) is 6.47. The Morgan fingerprint density at radius 1 is 1.21 bits per heavy atom. The number of hydrogen-bond acceptors (Lipinski definition) is 3. The SMILES string of the molecule is CCOc1ccc(CN(C)C(=O)OC(C)(C)C)cc1. The van der Waals surface area contributed by atoms with E-state index in [1.165, 1.54) is 0 Å². The van der Waals surface area contributed by atoms with Gasteiger partial charge in [0.05, 0.1) is 6.61 Å². The normalized spacial score (nSPS) is 11.0. The average molecular weight is 265 g/mol. The Bertz CT molecular complexity index is 406. The molecule has 0 saturated carbocycles. The van der Waals surface area contributed by atoms with Crippen molar-refractivity contribution in [3.63, 3.8) is 0 Å². The fourth-order valence-corrected chi connectivity index (χ4v) is 1.54. The Labute approximate surface area is 115 Å². The maximum Gasteiger partial charge on any atom is 0.410 e. The van der Waals surface area contributed by atoms with Gasteiger partial charge >= 0.3 is 6.09 Å². The Kier molecular flexibility index (Phi) is 5.21. The summed E-state index contributed by atoms with van der Waals surface area (Å²) < 4.78 is 10.7. The molecule has 0 bridgehead atoms. The topological polar surface area (TPSA) is 38.8 Å². The Hall–Kier alpha value is -1.71. The van der Waals surface area contributed by atoms with Crippen molar-refractivity contribution < 1.29 is 14.3 Å². The third kappa shape index (κ3) is 5.64. The molecule has 1 rings (SSSR count). The average Bonchev–Trinajstić information content (AvgIpc) is 2.29. The van der Waals surface area contributed by atoms with E-state index in [0.29, 0.717) is 13.2 Å². The van der Waals surface area contributed by atoms with E-state index in [9.17, 15) is 4.79 Å². The van der Waals surface area contributed by atoms with E-state index in [1.54, 1.807) is 11.9 Å². The lowest BCUT2D eigenvalue weighted by molar-refractivity contribution is 0.0285. The van der Waals surface area contributed by atoms with Gasteiger partial charge in [-0.05, 0) is 45.4 Å². The van der Waals surface area contributed by atoms with Crippen molar-refractivity contribution in [2.45, 2.75) is 39.8 Å². The molecule has 0 radical (unpaired) electrons. The minimum Gasteiger partial charge on any atom is -0.494 e. The number of carbonyl (C=O) groups excluding carboxylic acids is 1. The van der Waals surface area contributed by atoms with E-state index in [-0.39, 0.29) is 6.09 Å². The molecule has 1 aromatic carbocycles. The second-order valence-electron chi connectivity index (χ2n) is 5.41. The molecule has 0 heterocycles. The van der Waals surface area contributed by atoms with Crippen molar-refractivity contribution in [3.8, 4) is 5.75 Å². The number of nitrogens with zero attached hydrogens (tertiary/aromatic N) is 1. The fourth-order valence-electron chi connectivity index (χ4n) is 1.54. The predicted octanol–water partition coefficient (Wildman–Crippen LogP) is 3.45. The molecule has 19 heavy (non-hydrogen) atoms. The number of hydrogen-bond donors (Lipinski definition) is 0. The van der Waals surface area contributed by atoms with E-state index >= 15 is 0 Å². The van der Waals surface area contributed by atoms with Crippen LogP contribution in [0.1, 0.15) is 33.3 Å². The van der Waals surface area contributed by atoms with Crippen LogP contribution in [0.4, 0.5) is 4.79 Å². The van der Waals surface area contributed by atoms with Gasteiger partial charge < -0.3 is 14.4 Å². The van der Waals surface area contributed by atoms with Gasteiger partial charge in [0.1, 0.15) is 11.4 Å². The molecule has 1 amide bonds. The Balaban J connectivity index is 2.56. The van der Waals surface area contributed by atoms with Gasteiger partial charge in [-0.1, -0.05) is 12.1 Å². The lowest BCUT2D eigenvalue weighted by Gasteiger charge is -2.24. The molecular formula is C15H23NO3. The summed E-state index contributed by atoms with van der Waals surface area (Å²) in [6.45, 7) is 8.68. The first kappa shape index (κ1) is 15.3. The predicted molar refractivity (Wildman–Crippen MR) is 75.3 cm³/mol. The van der Waals surface area contributed by atoms with Crippen LogP contribution in [0.5, 0.6) is 5.75 Å². The van der Waals surface area contributed by atoms with E-state index in [1.807, 2.05) is 52.0 Å². The maximum atomic E-state index is 11.8. The van der Waals surface area contributed by atoms with Crippen LogP contribution in [0.2, 0.25) is 0 Å². The zero-order valence-corrected chi connectivity index (χ0v) is 12.4. The van der Waals surface area contributed by atoms with Gasteiger partial charge in [0.25, 0.3) is 0 Å². The third-order valence-corrected chi connectivity index (χ3v) is 2.36. The maximum absolute atomic E-state index is 11.8. The van der Waals surface area contributed by atoms with Crippen LogP contribution in [0.15, 0.2) is 24.3 Å². The minimum atomic E-state index is -0.468. The number of rotatable bonds is 4. The highest BCUT2D eigenvalue weighted by atomic mass is 16.6. The second-order valence-corrected chi connectivity index (χ2v) is 5.41. The first-order chi connectivity index (χ1) is 8.81. The van der Waals surface area contributed by atoms with Crippen molar-refractivity contribution in [1.82, 2.24) is 4.90 Å². The van der Waals surface area contributed by atoms with Crippen molar-refractivity contribution in [2.24, 2.45) is 0 Å². The zero-order valence-electron chi connectivity index (χ0n) is 12.4. The molecule has 0 aromatic heterocycles. The third-order valence-electron chi connectivity index (χ3n) is 2.36. The molecule has 4 nitrogen and oxygen atoms in total. The molecule has 0 aliphatic carbocycles. The van der Waals surface area contributed by atoms with Crippen molar-refractivity contribution in [2.75, 3.05) is 13.7 Å². The Morgan fingerprint density at radius 3 is 2.26 bits per heavy atom. The molecule has 1 aromatic rings. The van der Waals surface area contributed by atoms with Crippen molar-refractivity contribution in [1.29, 1.82) is 0 Å². The number of ether oxygens (including phenoxy) is 2. The minimum absolute atomic E-state index is 0.318. The van der Waals surface area contributed by atoms with Crippen LogP contribution in [-0.4, -0.2) is 30.2 Å². The zero-order chi connectivity index (χ0) is 14.5. The van der Waals surface area contributed by atoms with Gasteiger partial charge in [-0.25, -0.2) is 4.79 Å². The summed E-state index contributed by atoms with van der Waals surface area (Å²) in [6.07, 6.45) is -0.318. The fraction of sp³-hybridized carbons (Fsp3) is 0.533. The largest absolute Gasteiger partial charge is 0.494 e. The van der Waals surface area contributed by atoms with E-state index in [4.69, 9.17) is 9.47 Å². The van der Waals surface area contributed by atoms with Crippen LogP contribution < -0.4 is 4.74 Å². The van der Waals surface area contributed by atoms with Crippen LogP contribution in [0.3, 0.4) is 0 Å². The molecule has 4 heteroatoms. The quantitative estimate of drug-likeness (QED) is 0.837. The first-order valence-electron chi connectivity index (χ1n) is 6.47. The van der Waals surface area contributed by atoms with Crippen LogP contribution in [0.25, 0.3) is 0 Å². The van der Waals surface area contributed by atoms with Crippen LogP contribution in [0, 0.1) is 0 Å². The van der Waals surface area contributed by atoms with Gasteiger partial charge in [0.15, 0.2) is 0 Å². The highest BCUT2D eigenvalue weighted by Gasteiger charge is 2.19. The van der Waals surface area contributed by atoms with Gasteiger partial charge in [0.2, 0.25) is 0 Å². The molecular weight excluding hydrogens is 242 g/mol. The molecule has 0 fully saturated rings. The van der Waals surface area contributed by atoms with Crippen LogP contribution in [-0.2, 0) is 11.3 Å². The number of benzene rings is 1. The molecule has 0 N–H and O–H groups in total. The van der Waals surface area contributed by atoms with Gasteiger partial charge in [-0.15, -0.1) is 0 Å². The van der Waals surface area contributed by atoms with E-state index in [0.717, 1.165) is 11.3 Å². The lowest BCUT2D eigenvalue weighted by atomic mass is 10.2. The van der Waals surface area contributed by atoms with Crippen molar-refractivity contribution >= 4 is 6.09 Å². The molecule has 0 spiro atoms. The summed E-state index contributed by atoms with van der Waals surface area (Å²) in [5.41, 5.74) is 0.571. The van der Waals surface area contributed by atoms with Gasteiger partial charge in [-0.2, -0.15) is 0 Å². The van der Waals surface area contributed by atoms with E-state index in [2.05, 4.69) is 0 Å². The molecule has 106 valence electrons. The molecule has 0 aliphatic heterocycles. The molecule has 0 saturated heterocycles. The summed E-state index contributed by atoms with van der Waals surface area (Å²) in [4.78, 5) is 13.4. The highest BCUT2D eigenvalue weighted by molar-refractivity contribution is 5.67. The van der Waals surface area contributed by atoms with Crippen LogP contribution >= 0.6 is 0 Å². The smallest absolute Gasteiger partial charge is 0.410 e. The summed E-state index contributed by atoms with van der Waals surface area (Å²) >= 11 is 0. The Morgan fingerprint density at radius 2 is 1.79 bits per heavy atom. The number of carbonyl (C=O) groups is 1.